The van der Waals surface area contributed by atoms with Gasteiger partial charge in [0.2, 0.25) is 11.9 Å². The Kier molecular flexibility index (Phi) is 2.77. The Morgan fingerprint density at radius 3 is 2.64 bits per heavy atom. The Morgan fingerprint density at radius 2 is 2.00 bits per heavy atom. The van der Waals surface area contributed by atoms with Crippen molar-refractivity contribution >= 4 is 27.8 Å². The number of halogens is 1. The molecule has 0 saturated carbocycles. The molecule has 0 spiro atoms. The average molecular weight is 256 g/mol. The zero-order valence-corrected chi connectivity index (χ0v) is 9.20. The maximum atomic E-state index is 11.5. The SMILES string of the molecule is O=C1CCCCN1c1ncc(Br)cn1. The van der Waals surface area contributed by atoms with Gasteiger partial charge in [-0.3, -0.25) is 9.69 Å². The first-order valence-corrected chi connectivity index (χ1v) is 5.34. The first kappa shape index (κ1) is 9.58. The van der Waals surface area contributed by atoms with Crippen LogP contribution < -0.4 is 4.90 Å². The molecule has 5 heteroatoms. The molecule has 0 atom stereocenters. The van der Waals surface area contributed by atoms with Gasteiger partial charge in [-0.2, -0.15) is 0 Å². The molecule has 1 saturated heterocycles. The third-order valence-corrected chi connectivity index (χ3v) is 2.58. The Bertz CT molecular complexity index is 338. The third-order valence-electron chi connectivity index (χ3n) is 2.17. The van der Waals surface area contributed by atoms with Crippen LogP contribution in [0, 0.1) is 0 Å². The largest absolute Gasteiger partial charge is 0.281 e. The lowest BCUT2D eigenvalue weighted by molar-refractivity contribution is -0.119. The van der Waals surface area contributed by atoms with E-state index in [1.807, 2.05) is 0 Å². The van der Waals surface area contributed by atoms with Gasteiger partial charge in [-0.1, -0.05) is 0 Å². The van der Waals surface area contributed by atoms with Crippen molar-refractivity contribution in [3.05, 3.63) is 16.9 Å². The molecule has 2 rings (SSSR count). The molecule has 74 valence electrons. The van der Waals surface area contributed by atoms with Gasteiger partial charge in [0.1, 0.15) is 0 Å². The van der Waals surface area contributed by atoms with Gasteiger partial charge in [0.15, 0.2) is 0 Å². The zero-order chi connectivity index (χ0) is 9.97. The number of carbonyl (C=O) groups excluding carboxylic acids is 1. The molecule has 1 amide bonds. The molecule has 2 heterocycles. The van der Waals surface area contributed by atoms with Crippen LogP contribution >= 0.6 is 15.9 Å². The number of aromatic nitrogens is 2. The summed E-state index contributed by atoms with van der Waals surface area (Å²) in [5, 5.41) is 0. The number of rotatable bonds is 1. The summed E-state index contributed by atoms with van der Waals surface area (Å²) in [6.07, 6.45) is 5.94. The molecule has 0 bridgehead atoms. The fourth-order valence-electron chi connectivity index (χ4n) is 1.46. The standard InChI is InChI=1S/C9H10BrN3O/c10-7-5-11-9(12-6-7)13-4-2-1-3-8(13)14/h5-6H,1-4H2. The van der Waals surface area contributed by atoms with Crippen molar-refractivity contribution < 1.29 is 4.79 Å². The van der Waals surface area contributed by atoms with Gasteiger partial charge in [-0.05, 0) is 28.8 Å². The van der Waals surface area contributed by atoms with Crippen LogP contribution in [0.2, 0.25) is 0 Å². The summed E-state index contributed by atoms with van der Waals surface area (Å²) in [7, 11) is 0. The molecule has 1 aromatic rings. The third kappa shape index (κ3) is 1.92. The summed E-state index contributed by atoms with van der Waals surface area (Å²) in [6.45, 7) is 0.737. The Morgan fingerprint density at radius 1 is 1.29 bits per heavy atom. The molecule has 0 unspecified atom stereocenters. The molecule has 0 radical (unpaired) electrons. The van der Waals surface area contributed by atoms with Gasteiger partial charge >= 0.3 is 0 Å². The van der Waals surface area contributed by atoms with Crippen molar-refractivity contribution in [2.75, 3.05) is 11.4 Å². The van der Waals surface area contributed by atoms with E-state index in [1.54, 1.807) is 17.3 Å². The van der Waals surface area contributed by atoms with Crippen LogP contribution in [0.5, 0.6) is 0 Å². The van der Waals surface area contributed by atoms with Crippen molar-refractivity contribution in [1.82, 2.24) is 9.97 Å². The van der Waals surface area contributed by atoms with Gasteiger partial charge in [0.05, 0.1) is 4.47 Å². The number of hydrogen-bond acceptors (Lipinski definition) is 3. The van der Waals surface area contributed by atoms with E-state index < -0.39 is 0 Å². The molecule has 0 aromatic carbocycles. The number of amides is 1. The predicted molar refractivity (Wildman–Crippen MR) is 55.9 cm³/mol. The molecule has 14 heavy (non-hydrogen) atoms. The van der Waals surface area contributed by atoms with Crippen molar-refractivity contribution in [2.45, 2.75) is 19.3 Å². The molecule has 1 aliphatic rings. The lowest BCUT2D eigenvalue weighted by Gasteiger charge is -2.24. The molecule has 1 aliphatic heterocycles. The highest BCUT2D eigenvalue weighted by Crippen LogP contribution is 2.17. The normalized spacial score (nSPS) is 17.2. The van der Waals surface area contributed by atoms with Gasteiger partial charge in [-0.25, -0.2) is 9.97 Å². The fourth-order valence-corrected chi connectivity index (χ4v) is 1.67. The van der Waals surface area contributed by atoms with Crippen LogP contribution in [0.25, 0.3) is 0 Å². The van der Waals surface area contributed by atoms with Crippen LogP contribution in [0.1, 0.15) is 19.3 Å². The first-order valence-electron chi connectivity index (χ1n) is 4.55. The Hall–Kier alpha value is -0.970. The molecule has 0 N–H and O–H groups in total. The molecule has 1 aromatic heterocycles. The highest BCUT2D eigenvalue weighted by molar-refractivity contribution is 9.10. The number of carbonyl (C=O) groups is 1. The second-order valence-electron chi connectivity index (χ2n) is 3.20. The maximum Gasteiger partial charge on any atom is 0.232 e. The summed E-state index contributed by atoms with van der Waals surface area (Å²) in [5.41, 5.74) is 0. The van der Waals surface area contributed by atoms with Crippen molar-refractivity contribution in [1.29, 1.82) is 0 Å². The topological polar surface area (TPSA) is 46.1 Å². The summed E-state index contributed by atoms with van der Waals surface area (Å²) in [5.74, 6) is 0.636. The van der Waals surface area contributed by atoms with Gasteiger partial charge in [-0.15, -0.1) is 0 Å². The van der Waals surface area contributed by atoms with Crippen molar-refractivity contribution in [3.63, 3.8) is 0 Å². The monoisotopic (exact) mass is 255 g/mol. The summed E-state index contributed by atoms with van der Waals surface area (Å²) >= 11 is 3.26. The number of nitrogens with zero attached hydrogens (tertiary/aromatic N) is 3. The Labute approximate surface area is 90.5 Å². The molecular weight excluding hydrogens is 246 g/mol. The number of anilines is 1. The predicted octanol–water partition coefficient (Wildman–Crippen LogP) is 1.76. The minimum absolute atomic E-state index is 0.124. The summed E-state index contributed by atoms with van der Waals surface area (Å²) in [4.78, 5) is 21.4. The van der Waals surface area contributed by atoms with E-state index in [-0.39, 0.29) is 5.91 Å². The maximum absolute atomic E-state index is 11.5. The van der Waals surface area contributed by atoms with Crippen LogP contribution in [0.3, 0.4) is 0 Å². The van der Waals surface area contributed by atoms with Gasteiger partial charge < -0.3 is 0 Å². The van der Waals surface area contributed by atoms with Gasteiger partial charge in [0, 0.05) is 25.4 Å². The second-order valence-corrected chi connectivity index (χ2v) is 4.12. The van der Waals surface area contributed by atoms with E-state index in [4.69, 9.17) is 0 Å². The zero-order valence-electron chi connectivity index (χ0n) is 7.61. The fraction of sp³-hybridized carbons (Fsp3) is 0.444. The first-order chi connectivity index (χ1) is 6.77. The molecule has 4 nitrogen and oxygen atoms in total. The second kappa shape index (κ2) is 4.04. The molecular formula is C9H10BrN3O. The summed E-state index contributed by atoms with van der Waals surface area (Å²) < 4.78 is 0.825. The minimum atomic E-state index is 0.124. The van der Waals surface area contributed by atoms with E-state index in [9.17, 15) is 4.79 Å². The lowest BCUT2D eigenvalue weighted by atomic mass is 10.1. The average Bonchev–Trinajstić information content (AvgIpc) is 2.20. The van der Waals surface area contributed by atoms with E-state index in [1.165, 1.54) is 0 Å². The number of hydrogen-bond donors (Lipinski definition) is 0. The van der Waals surface area contributed by atoms with Crippen LogP contribution in [-0.2, 0) is 4.79 Å². The van der Waals surface area contributed by atoms with E-state index in [0.717, 1.165) is 23.9 Å². The summed E-state index contributed by atoms with van der Waals surface area (Å²) in [6, 6.07) is 0. The molecule has 1 fully saturated rings. The highest BCUT2D eigenvalue weighted by atomic mass is 79.9. The minimum Gasteiger partial charge on any atom is -0.281 e. The van der Waals surface area contributed by atoms with Gasteiger partial charge in [0.25, 0.3) is 0 Å². The van der Waals surface area contributed by atoms with Crippen molar-refractivity contribution in [3.8, 4) is 0 Å². The molecule has 0 aliphatic carbocycles. The van der Waals surface area contributed by atoms with E-state index in [2.05, 4.69) is 25.9 Å². The highest BCUT2D eigenvalue weighted by Gasteiger charge is 2.21. The quantitative estimate of drug-likeness (QED) is 0.769. The lowest BCUT2D eigenvalue weighted by Crippen LogP contribution is -2.36. The Balaban J connectivity index is 2.20. The van der Waals surface area contributed by atoms with E-state index >= 15 is 0 Å². The van der Waals surface area contributed by atoms with Crippen LogP contribution in [0.15, 0.2) is 16.9 Å². The van der Waals surface area contributed by atoms with Crippen LogP contribution in [-0.4, -0.2) is 22.4 Å². The smallest absolute Gasteiger partial charge is 0.232 e. The number of piperidine rings is 1. The van der Waals surface area contributed by atoms with Crippen molar-refractivity contribution in [2.24, 2.45) is 0 Å². The van der Waals surface area contributed by atoms with Crippen LogP contribution in [0.4, 0.5) is 5.95 Å². The van der Waals surface area contributed by atoms with E-state index in [0.29, 0.717) is 12.4 Å².